The minimum absolute atomic E-state index is 0.0123. The lowest BCUT2D eigenvalue weighted by Crippen LogP contribution is -2.48. The first-order chi connectivity index (χ1) is 16.1. The Hall–Kier alpha value is -1.46. The Balaban J connectivity index is 3.85. The zero-order valence-corrected chi connectivity index (χ0v) is 22.5. The van der Waals surface area contributed by atoms with Crippen LogP contribution in [-0.2, 0) is 23.8 Å². The summed E-state index contributed by atoms with van der Waals surface area (Å²) in [6, 6.07) is 0.582. The van der Waals surface area contributed by atoms with E-state index in [1.807, 2.05) is 0 Å². The zero-order chi connectivity index (χ0) is 25.8. The summed E-state index contributed by atoms with van der Waals surface area (Å²) in [6.45, 7) is 16.9. The van der Waals surface area contributed by atoms with Gasteiger partial charge in [-0.15, -0.1) is 0 Å². The number of hydrogen-bond donors (Lipinski definition) is 4. The fraction of sp³-hybridized carbons (Fsp3) is 0.917. The van der Waals surface area contributed by atoms with E-state index in [0.29, 0.717) is 39.0 Å². The predicted octanol–water partition coefficient (Wildman–Crippen LogP) is 2.52. The van der Waals surface area contributed by atoms with Gasteiger partial charge in [0.15, 0.2) is 0 Å². The Bertz CT molecular complexity index is 530. The average Bonchev–Trinajstić information content (AvgIpc) is 2.77. The smallest absolute Gasteiger partial charge is 0.431 e. The normalized spacial score (nSPS) is 14.3. The first-order valence-electron chi connectivity index (χ1n) is 12.6. The highest BCUT2D eigenvalue weighted by atomic mass is 16.7. The summed E-state index contributed by atoms with van der Waals surface area (Å²) in [5.74, 6) is 0.0123. The molecule has 34 heavy (non-hydrogen) atoms. The molecule has 0 aliphatic rings. The molecule has 0 rings (SSSR count). The summed E-state index contributed by atoms with van der Waals surface area (Å²) in [5.41, 5.74) is 1.62. The molecule has 0 aliphatic carbocycles. The van der Waals surface area contributed by atoms with Gasteiger partial charge in [-0.05, 0) is 66.8 Å². The van der Waals surface area contributed by atoms with Gasteiger partial charge in [-0.2, -0.15) is 5.48 Å². The van der Waals surface area contributed by atoms with E-state index in [0.717, 1.165) is 32.2 Å². The summed E-state index contributed by atoms with van der Waals surface area (Å²) in [5, 5.41) is 9.86. The van der Waals surface area contributed by atoms with Crippen molar-refractivity contribution in [3.8, 4) is 0 Å². The summed E-state index contributed by atoms with van der Waals surface area (Å²) in [7, 11) is 0. The van der Waals surface area contributed by atoms with Crippen LogP contribution in [-0.4, -0.2) is 81.9 Å². The van der Waals surface area contributed by atoms with Gasteiger partial charge < -0.3 is 30.2 Å². The van der Waals surface area contributed by atoms with Crippen LogP contribution >= 0.6 is 0 Å². The molecule has 0 aliphatic heterocycles. The molecule has 0 fully saturated rings. The van der Waals surface area contributed by atoms with Gasteiger partial charge >= 0.3 is 6.09 Å². The van der Waals surface area contributed by atoms with E-state index in [2.05, 4.69) is 49.1 Å². The number of ether oxygens (including phenoxy) is 3. The zero-order valence-electron chi connectivity index (χ0n) is 22.5. The number of carbonyl (C=O) groups is 2. The second-order valence-corrected chi connectivity index (χ2v) is 9.40. The van der Waals surface area contributed by atoms with Gasteiger partial charge in [0, 0.05) is 18.6 Å². The van der Waals surface area contributed by atoms with E-state index in [9.17, 15) is 9.59 Å². The maximum Gasteiger partial charge on any atom is 0.431 e. The fourth-order valence-electron chi connectivity index (χ4n) is 2.75. The molecule has 10 heteroatoms. The Morgan fingerprint density at radius 2 is 1.47 bits per heavy atom. The van der Waals surface area contributed by atoms with Gasteiger partial charge in [0.1, 0.15) is 5.60 Å². The van der Waals surface area contributed by atoms with Crippen LogP contribution in [0.1, 0.15) is 74.1 Å². The maximum absolute atomic E-state index is 12.6. The molecule has 2 amide bonds. The molecule has 202 valence electrons. The predicted molar refractivity (Wildman–Crippen MR) is 134 cm³/mol. The number of nitrogens with one attached hydrogen (secondary N) is 4. The van der Waals surface area contributed by atoms with Crippen molar-refractivity contribution in [1.82, 2.24) is 21.4 Å². The van der Waals surface area contributed by atoms with Crippen molar-refractivity contribution >= 4 is 12.0 Å². The monoisotopic (exact) mass is 490 g/mol. The quantitative estimate of drug-likeness (QED) is 0.152. The number of carbonyl (C=O) groups excluding carboxylic acids is 2. The molecule has 0 heterocycles. The van der Waals surface area contributed by atoms with Gasteiger partial charge in [0.25, 0.3) is 0 Å². The van der Waals surface area contributed by atoms with Crippen LogP contribution in [0.2, 0.25) is 0 Å². The summed E-state index contributed by atoms with van der Waals surface area (Å²) >= 11 is 0. The molecule has 0 saturated carbocycles. The maximum atomic E-state index is 12.6. The molecule has 0 spiro atoms. The van der Waals surface area contributed by atoms with Crippen molar-refractivity contribution < 1.29 is 28.6 Å². The first kappa shape index (κ1) is 32.5. The van der Waals surface area contributed by atoms with Gasteiger partial charge in [-0.3, -0.25) is 9.63 Å². The molecule has 0 radical (unpaired) electrons. The van der Waals surface area contributed by atoms with Crippen molar-refractivity contribution in [2.45, 2.75) is 97.9 Å². The number of hydroxylamine groups is 1. The van der Waals surface area contributed by atoms with E-state index in [1.54, 1.807) is 20.8 Å². The molecule has 0 aromatic carbocycles. The molecule has 4 N–H and O–H groups in total. The fourth-order valence-corrected chi connectivity index (χ4v) is 2.75. The van der Waals surface area contributed by atoms with Crippen molar-refractivity contribution in [3.63, 3.8) is 0 Å². The Morgan fingerprint density at radius 1 is 0.853 bits per heavy atom. The molecule has 0 bridgehead atoms. The van der Waals surface area contributed by atoms with E-state index in [-0.39, 0.29) is 24.6 Å². The molecule has 2 unspecified atom stereocenters. The highest BCUT2D eigenvalue weighted by Crippen LogP contribution is 2.06. The molecule has 10 nitrogen and oxygen atoms in total. The van der Waals surface area contributed by atoms with E-state index in [1.165, 1.54) is 0 Å². The molecular formula is C24H50N4O6. The average molecular weight is 491 g/mol. The molecule has 0 aromatic heterocycles. The van der Waals surface area contributed by atoms with Crippen LogP contribution in [0.15, 0.2) is 0 Å². The largest absolute Gasteiger partial charge is 0.442 e. The van der Waals surface area contributed by atoms with Crippen LogP contribution in [0.4, 0.5) is 4.79 Å². The summed E-state index contributed by atoms with van der Waals surface area (Å²) in [4.78, 5) is 29.0. The van der Waals surface area contributed by atoms with Crippen molar-refractivity contribution in [3.05, 3.63) is 0 Å². The van der Waals surface area contributed by atoms with Crippen molar-refractivity contribution in [2.75, 3.05) is 46.1 Å². The minimum Gasteiger partial charge on any atom is -0.442 e. The SMILES string of the molecule is CCC(C)NCCC[C@H](NC(C)CC)C(=O)NCCOCCOCCONC(=O)OC(C)(C)C. The van der Waals surface area contributed by atoms with Crippen LogP contribution in [0.5, 0.6) is 0 Å². The van der Waals surface area contributed by atoms with E-state index < -0.39 is 11.7 Å². The third-order valence-corrected chi connectivity index (χ3v) is 4.99. The Labute approximate surface area is 206 Å². The summed E-state index contributed by atoms with van der Waals surface area (Å²) in [6.07, 6.45) is 3.16. The second kappa shape index (κ2) is 19.8. The van der Waals surface area contributed by atoms with Gasteiger partial charge in [-0.1, -0.05) is 13.8 Å². The molecule has 0 aromatic rings. The van der Waals surface area contributed by atoms with Crippen LogP contribution in [0, 0.1) is 0 Å². The van der Waals surface area contributed by atoms with E-state index >= 15 is 0 Å². The number of hydrogen-bond acceptors (Lipinski definition) is 8. The van der Waals surface area contributed by atoms with E-state index in [4.69, 9.17) is 19.0 Å². The molecule has 3 atom stereocenters. The molecular weight excluding hydrogens is 440 g/mol. The van der Waals surface area contributed by atoms with Crippen LogP contribution in [0.3, 0.4) is 0 Å². The molecule has 0 saturated heterocycles. The Kier molecular flexibility index (Phi) is 19.0. The lowest BCUT2D eigenvalue weighted by atomic mass is 10.1. The highest BCUT2D eigenvalue weighted by Gasteiger charge is 2.19. The lowest BCUT2D eigenvalue weighted by molar-refractivity contribution is -0.123. The minimum atomic E-state index is -0.637. The summed E-state index contributed by atoms with van der Waals surface area (Å²) < 4.78 is 15.9. The standard InChI is InChI=1S/C24H50N4O6/c1-8-19(3)25-12-10-11-21(27-20(4)9-2)22(29)26-13-14-31-15-16-32-17-18-33-28-23(30)34-24(5,6)7/h19-21,25,27H,8-18H2,1-7H3,(H,26,29)(H,28,30)/t19?,20?,21-/m0/s1. The van der Waals surface area contributed by atoms with Crippen molar-refractivity contribution in [2.24, 2.45) is 0 Å². The second-order valence-electron chi connectivity index (χ2n) is 9.40. The van der Waals surface area contributed by atoms with Gasteiger partial charge in [-0.25, -0.2) is 4.79 Å². The number of amides is 2. The van der Waals surface area contributed by atoms with Gasteiger partial charge in [0.2, 0.25) is 5.91 Å². The topological polar surface area (TPSA) is 119 Å². The third kappa shape index (κ3) is 20.0. The highest BCUT2D eigenvalue weighted by molar-refractivity contribution is 5.81. The van der Waals surface area contributed by atoms with Crippen LogP contribution < -0.4 is 21.4 Å². The van der Waals surface area contributed by atoms with Gasteiger partial charge in [0.05, 0.1) is 39.1 Å². The van der Waals surface area contributed by atoms with Crippen molar-refractivity contribution in [1.29, 1.82) is 0 Å². The van der Waals surface area contributed by atoms with Crippen LogP contribution in [0.25, 0.3) is 0 Å². The Morgan fingerprint density at radius 3 is 2.09 bits per heavy atom. The number of rotatable bonds is 20. The third-order valence-electron chi connectivity index (χ3n) is 4.99. The first-order valence-corrected chi connectivity index (χ1v) is 12.6. The lowest BCUT2D eigenvalue weighted by Gasteiger charge is -2.22.